The van der Waals surface area contributed by atoms with Crippen LogP contribution in [0.1, 0.15) is 24.2 Å². The van der Waals surface area contributed by atoms with E-state index in [9.17, 15) is 9.18 Å². The quantitative estimate of drug-likeness (QED) is 0.747. The lowest BCUT2D eigenvalue weighted by atomic mass is 10.2. The third-order valence-corrected chi connectivity index (χ3v) is 4.36. The van der Waals surface area contributed by atoms with Crippen molar-refractivity contribution in [2.75, 3.05) is 0 Å². The number of amides is 2. The Morgan fingerprint density at radius 2 is 1.96 bits per heavy atom. The van der Waals surface area contributed by atoms with Crippen LogP contribution in [0.4, 0.5) is 9.18 Å². The van der Waals surface area contributed by atoms with E-state index in [1.165, 1.54) is 12.1 Å². The molecule has 0 atom stereocenters. The minimum atomic E-state index is -0.268. The lowest BCUT2D eigenvalue weighted by Gasteiger charge is -2.22. The maximum Gasteiger partial charge on any atom is 0.318 e. The van der Waals surface area contributed by atoms with Gasteiger partial charge < -0.3 is 15.2 Å². The summed E-state index contributed by atoms with van der Waals surface area (Å²) in [7, 11) is 0. The zero-order valence-electron chi connectivity index (χ0n) is 13.7. The Morgan fingerprint density at radius 1 is 1.20 bits per heavy atom. The van der Waals surface area contributed by atoms with Gasteiger partial charge in [0.2, 0.25) is 0 Å². The Bertz CT molecular complexity index is 853. The summed E-state index contributed by atoms with van der Waals surface area (Å²) >= 11 is 0. The molecule has 0 radical (unpaired) electrons. The first-order valence-corrected chi connectivity index (χ1v) is 8.41. The number of benzene rings is 2. The number of aromatic amines is 1. The Kier molecular flexibility index (Phi) is 4.09. The van der Waals surface area contributed by atoms with Crippen molar-refractivity contribution in [3.8, 4) is 0 Å². The van der Waals surface area contributed by atoms with Gasteiger partial charge in [-0.25, -0.2) is 14.2 Å². The monoisotopic (exact) mass is 338 g/mol. The third kappa shape index (κ3) is 3.63. The number of halogens is 1. The molecule has 6 heteroatoms. The molecule has 1 saturated carbocycles. The molecule has 1 aliphatic rings. The fourth-order valence-corrected chi connectivity index (χ4v) is 2.89. The van der Waals surface area contributed by atoms with Crippen molar-refractivity contribution >= 4 is 17.1 Å². The Morgan fingerprint density at radius 3 is 2.68 bits per heavy atom. The van der Waals surface area contributed by atoms with E-state index in [4.69, 9.17) is 0 Å². The van der Waals surface area contributed by atoms with Gasteiger partial charge >= 0.3 is 6.03 Å². The van der Waals surface area contributed by atoms with Crippen LogP contribution in [0.25, 0.3) is 11.0 Å². The topological polar surface area (TPSA) is 61.0 Å². The van der Waals surface area contributed by atoms with Crippen LogP contribution in [-0.4, -0.2) is 26.9 Å². The second kappa shape index (κ2) is 6.55. The SMILES string of the molecule is O=C(NCc1nc2ccccc2[nH]1)N(Cc1ccc(F)cc1)C1CC1. The third-order valence-electron chi connectivity index (χ3n) is 4.36. The van der Waals surface area contributed by atoms with Gasteiger partial charge in [-0.3, -0.25) is 0 Å². The number of para-hydroxylation sites is 2. The minimum Gasteiger partial charge on any atom is -0.340 e. The minimum absolute atomic E-state index is 0.118. The zero-order valence-corrected chi connectivity index (χ0v) is 13.7. The molecular formula is C19H19FN4O. The van der Waals surface area contributed by atoms with Gasteiger partial charge in [0.25, 0.3) is 0 Å². The zero-order chi connectivity index (χ0) is 17.2. The van der Waals surface area contributed by atoms with Crippen molar-refractivity contribution in [2.45, 2.75) is 32.0 Å². The van der Waals surface area contributed by atoms with Crippen LogP contribution in [0.15, 0.2) is 48.5 Å². The molecule has 0 unspecified atom stereocenters. The molecule has 0 spiro atoms. The van der Waals surface area contributed by atoms with Gasteiger partial charge in [0.1, 0.15) is 11.6 Å². The van der Waals surface area contributed by atoms with Gasteiger partial charge in [-0.15, -0.1) is 0 Å². The molecule has 2 aromatic carbocycles. The molecule has 1 heterocycles. The molecule has 2 N–H and O–H groups in total. The predicted molar refractivity (Wildman–Crippen MR) is 93.3 cm³/mol. The number of rotatable bonds is 5. The van der Waals surface area contributed by atoms with E-state index < -0.39 is 0 Å². The highest BCUT2D eigenvalue weighted by molar-refractivity contribution is 5.76. The first-order chi connectivity index (χ1) is 12.2. The summed E-state index contributed by atoms with van der Waals surface area (Å²) in [4.78, 5) is 22.1. The van der Waals surface area contributed by atoms with E-state index in [1.54, 1.807) is 12.1 Å². The number of urea groups is 1. The molecule has 0 saturated heterocycles. The van der Waals surface area contributed by atoms with Gasteiger partial charge in [0, 0.05) is 12.6 Å². The fourth-order valence-electron chi connectivity index (χ4n) is 2.89. The van der Waals surface area contributed by atoms with E-state index >= 15 is 0 Å². The summed E-state index contributed by atoms with van der Waals surface area (Å²) in [5.74, 6) is 0.461. The normalized spacial score (nSPS) is 13.8. The Balaban J connectivity index is 1.41. The number of fused-ring (bicyclic) bond motifs is 1. The predicted octanol–water partition coefficient (Wildman–Crippen LogP) is 3.58. The molecule has 0 aliphatic heterocycles. The highest BCUT2D eigenvalue weighted by Gasteiger charge is 2.32. The lowest BCUT2D eigenvalue weighted by molar-refractivity contribution is 0.191. The number of hydrogen-bond acceptors (Lipinski definition) is 2. The van der Waals surface area contributed by atoms with Gasteiger partial charge in [0.05, 0.1) is 17.6 Å². The summed E-state index contributed by atoms with van der Waals surface area (Å²) in [6.07, 6.45) is 2.03. The van der Waals surface area contributed by atoms with E-state index in [2.05, 4.69) is 15.3 Å². The summed E-state index contributed by atoms with van der Waals surface area (Å²) in [6, 6.07) is 14.2. The van der Waals surface area contributed by atoms with Crippen LogP contribution < -0.4 is 5.32 Å². The average molecular weight is 338 g/mol. The lowest BCUT2D eigenvalue weighted by Crippen LogP contribution is -2.40. The van der Waals surface area contributed by atoms with Crippen LogP contribution >= 0.6 is 0 Å². The second-order valence-corrected chi connectivity index (χ2v) is 6.34. The van der Waals surface area contributed by atoms with Crippen LogP contribution in [-0.2, 0) is 13.1 Å². The number of H-pyrrole nitrogens is 1. The molecule has 2 amide bonds. The molecule has 25 heavy (non-hydrogen) atoms. The fraction of sp³-hybridized carbons (Fsp3) is 0.263. The van der Waals surface area contributed by atoms with Crippen molar-refractivity contribution in [1.29, 1.82) is 0 Å². The van der Waals surface area contributed by atoms with Crippen LogP contribution in [0.2, 0.25) is 0 Å². The number of aromatic nitrogens is 2. The van der Waals surface area contributed by atoms with Crippen LogP contribution in [0, 0.1) is 5.82 Å². The largest absolute Gasteiger partial charge is 0.340 e. The van der Waals surface area contributed by atoms with E-state index in [0.29, 0.717) is 13.1 Å². The van der Waals surface area contributed by atoms with Gasteiger partial charge in [0.15, 0.2) is 0 Å². The second-order valence-electron chi connectivity index (χ2n) is 6.34. The first-order valence-electron chi connectivity index (χ1n) is 8.41. The smallest absolute Gasteiger partial charge is 0.318 e. The molecular weight excluding hydrogens is 319 g/mol. The number of nitrogens with zero attached hydrogens (tertiary/aromatic N) is 2. The molecule has 4 rings (SSSR count). The van der Waals surface area contributed by atoms with E-state index in [0.717, 1.165) is 35.3 Å². The van der Waals surface area contributed by atoms with Crippen molar-refractivity contribution in [3.63, 3.8) is 0 Å². The van der Waals surface area contributed by atoms with Crippen molar-refractivity contribution in [3.05, 3.63) is 65.7 Å². The molecule has 1 aromatic heterocycles. The molecule has 1 aliphatic carbocycles. The van der Waals surface area contributed by atoms with Crippen molar-refractivity contribution in [1.82, 2.24) is 20.2 Å². The number of hydrogen-bond donors (Lipinski definition) is 2. The maximum absolute atomic E-state index is 13.0. The average Bonchev–Trinajstić information content (AvgIpc) is 3.37. The summed E-state index contributed by atoms with van der Waals surface area (Å²) in [6.45, 7) is 0.830. The van der Waals surface area contributed by atoms with E-state index in [1.807, 2.05) is 29.2 Å². The summed E-state index contributed by atoms with van der Waals surface area (Å²) in [5, 5.41) is 2.93. The Labute approximate surface area is 144 Å². The molecule has 0 bridgehead atoms. The highest BCUT2D eigenvalue weighted by atomic mass is 19.1. The maximum atomic E-state index is 13.0. The summed E-state index contributed by atoms with van der Waals surface area (Å²) in [5.41, 5.74) is 2.77. The Hall–Kier alpha value is -2.89. The molecule has 3 aromatic rings. The summed E-state index contributed by atoms with van der Waals surface area (Å²) < 4.78 is 13.0. The number of carbonyl (C=O) groups is 1. The first kappa shape index (κ1) is 15.6. The van der Waals surface area contributed by atoms with Gasteiger partial charge in [-0.2, -0.15) is 0 Å². The highest BCUT2D eigenvalue weighted by Crippen LogP contribution is 2.28. The van der Waals surface area contributed by atoms with Crippen LogP contribution in [0.3, 0.4) is 0 Å². The van der Waals surface area contributed by atoms with Gasteiger partial charge in [-0.05, 0) is 42.7 Å². The standard InChI is InChI=1S/C19H19FN4O/c20-14-7-5-13(6-8-14)12-24(15-9-10-15)19(25)21-11-18-22-16-3-1-2-4-17(16)23-18/h1-8,15H,9-12H2,(H,21,25)(H,22,23). The van der Waals surface area contributed by atoms with E-state index in [-0.39, 0.29) is 17.9 Å². The number of nitrogens with one attached hydrogen (secondary N) is 2. The van der Waals surface area contributed by atoms with Gasteiger partial charge in [-0.1, -0.05) is 24.3 Å². The molecule has 128 valence electrons. The van der Waals surface area contributed by atoms with Crippen LogP contribution in [0.5, 0.6) is 0 Å². The van der Waals surface area contributed by atoms with Crippen molar-refractivity contribution < 1.29 is 9.18 Å². The van der Waals surface area contributed by atoms with Crippen molar-refractivity contribution in [2.24, 2.45) is 0 Å². The molecule has 1 fully saturated rings. The number of carbonyl (C=O) groups excluding carboxylic acids is 1. The number of imidazole rings is 1. The molecule has 5 nitrogen and oxygen atoms in total.